The number of carbonyl (C=O) groups is 2. The molecule has 23 heavy (non-hydrogen) atoms. The van der Waals surface area contributed by atoms with Crippen molar-refractivity contribution < 1.29 is 24.2 Å². The molecule has 6 nitrogen and oxygen atoms in total. The highest BCUT2D eigenvalue weighted by Crippen LogP contribution is 2.31. The molecule has 1 saturated heterocycles. The van der Waals surface area contributed by atoms with Crippen LogP contribution < -0.4 is 5.32 Å². The molecule has 2 aliphatic rings. The van der Waals surface area contributed by atoms with Gasteiger partial charge < -0.3 is 19.9 Å². The summed E-state index contributed by atoms with van der Waals surface area (Å²) in [7, 11) is 1.70. The van der Waals surface area contributed by atoms with E-state index in [4.69, 9.17) is 14.6 Å². The van der Waals surface area contributed by atoms with Crippen molar-refractivity contribution in [1.29, 1.82) is 0 Å². The molecule has 0 spiro atoms. The third-order valence-electron chi connectivity index (χ3n) is 4.83. The Labute approximate surface area is 137 Å². The van der Waals surface area contributed by atoms with E-state index in [0.717, 1.165) is 19.3 Å². The number of hydrogen-bond acceptors (Lipinski definition) is 4. The van der Waals surface area contributed by atoms with E-state index < -0.39 is 18.2 Å². The molecule has 0 aromatic rings. The maximum absolute atomic E-state index is 12.3. The van der Waals surface area contributed by atoms with Crippen molar-refractivity contribution in [2.75, 3.05) is 7.11 Å². The first-order valence-corrected chi connectivity index (χ1v) is 8.65. The molecule has 2 N–H and O–H groups in total. The molecule has 0 aromatic carbocycles. The largest absolute Gasteiger partial charge is 0.479 e. The minimum Gasteiger partial charge on any atom is -0.479 e. The lowest BCUT2D eigenvalue weighted by molar-refractivity contribution is -0.138. The molecule has 6 heteroatoms. The third-order valence-corrected chi connectivity index (χ3v) is 4.83. The smallest absolute Gasteiger partial charge is 0.336 e. The van der Waals surface area contributed by atoms with Crippen molar-refractivity contribution in [1.82, 2.24) is 5.32 Å². The van der Waals surface area contributed by atoms with Crippen molar-refractivity contribution in [2.24, 2.45) is 11.8 Å². The zero-order valence-electron chi connectivity index (χ0n) is 14.3. The molecule has 0 radical (unpaired) electrons. The van der Waals surface area contributed by atoms with Gasteiger partial charge in [0.15, 0.2) is 12.2 Å². The minimum absolute atomic E-state index is 0.0244. The predicted octanol–water partition coefficient (Wildman–Crippen LogP) is 1.96. The van der Waals surface area contributed by atoms with Gasteiger partial charge in [-0.05, 0) is 31.1 Å². The van der Waals surface area contributed by atoms with Gasteiger partial charge in [0, 0.05) is 7.11 Å². The Morgan fingerprint density at radius 1 is 1.22 bits per heavy atom. The van der Waals surface area contributed by atoms with Crippen LogP contribution in [0.4, 0.5) is 0 Å². The Balaban J connectivity index is 1.99. The van der Waals surface area contributed by atoms with E-state index in [2.05, 4.69) is 19.2 Å². The highest BCUT2D eigenvalue weighted by Gasteiger charge is 2.51. The molecule has 1 aliphatic heterocycles. The summed E-state index contributed by atoms with van der Waals surface area (Å²) in [5.74, 6) is -0.549. The molecule has 0 bridgehead atoms. The molecular formula is C17H29NO5. The second kappa shape index (κ2) is 8.11. The Hall–Kier alpha value is -1.14. The van der Waals surface area contributed by atoms with Crippen LogP contribution in [0.2, 0.25) is 0 Å². The minimum atomic E-state index is -1.08. The number of methoxy groups -OCH3 is 1. The average Bonchev–Trinajstić information content (AvgIpc) is 3.29. The lowest BCUT2D eigenvalue weighted by atomic mass is 9.80. The SMILES string of the molecule is COC(C1CCCCC1)[C@H](CC(C)C)NC(=O)[C@H]1O[C@@H]1C(=O)O. The normalized spacial score (nSPS) is 27.5. The van der Waals surface area contributed by atoms with Gasteiger partial charge in [-0.15, -0.1) is 0 Å². The predicted molar refractivity (Wildman–Crippen MR) is 85.1 cm³/mol. The fraction of sp³-hybridized carbons (Fsp3) is 0.882. The van der Waals surface area contributed by atoms with E-state index in [-0.39, 0.29) is 18.1 Å². The highest BCUT2D eigenvalue weighted by molar-refractivity contribution is 5.92. The molecule has 1 unspecified atom stereocenters. The summed E-state index contributed by atoms with van der Waals surface area (Å²) < 4.78 is 10.7. The maximum atomic E-state index is 12.3. The summed E-state index contributed by atoms with van der Waals surface area (Å²) in [4.78, 5) is 23.1. The van der Waals surface area contributed by atoms with Gasteiger partial charge in [-0.25, -0.2) is 4.79 Å². The van der Waals surface area contributed by atoms with Crippen LogP contribution in [0.5, 0.6) is 0 Å². The van der Waals surface area contributed by atoms with E-state index in [1.165, 1.54) is 19.3 Å². The van der Waals surface area contributed by atoms with Crippen molar-refractivity contribution in [2.45, 2.75) is 76.7 Å². The summed E-state index contributed by atoms with van der Waals surface area (Å²) in [6.07, 6.45) is 4.87. The number of carboxylic acids is 1. The summed E-state index contributed by atoms with van der Waals surface area (Å²) in [5.41, 5.74) is 0. The van der Waals surface area contributed by atoms with E-state index in [1.807, 2.05) is 0 Å². The molecule has 132 valence electrons. The quantitative estimate of drug-likeness (QED) is 0.665. The second-order valence-electron chi connectivity index (χ2n) is 7.16. The zero-order chi connectivity index (χ0) is 17.0. The first kappa shape index (κ1) is 18.2. The molecule has 4 atom stereocenters. The summed E-state index contributed by atoms with van der Waals surface area (Å²) in [5, 5.41) is 11.9. The first-order chi connectivity index (χ1) is 10.9. The molecule has 1 amide bonds. The lowest BCUT2D eigenvalue weighted by Gasteiger charge is -2.36. The average molecular weight is 327 g/mol. The number of ether oxygens (including phenoxy) is 2. The van der Waals surface area contributed by atoms with Crippen LogP contribution in [0.1, 0.15) is 52.4 Å². The van der Waals surface area contributed by atoms with Gasteiger partial charge in [0.1, 0.15) is 0 Å². The highest BCUT2D eigenvalue weighted by atomic mass is 16.6. The number of carbonyl (C=O) groups excluding carboxylic acids is 1. The van der Waals surface area contributed by atoms with Crippen LogP contribution in [0.15, 0.2) is 0 Å². The molecule has 2 rings (SSSR count). The van der Waals surface area contributed by atoms with E-state index in [9.17, 15) is 9.59 Å². The van der Waals surface area contributed by atoms with Crippen molar-refractivity contribution in [3.8, 4) is 0 Å². The monoisotopic (exact) mass is 327 g/mol. The zero-order valence-corrected chi connectivity index (χ0v) is 14.3. The maximum Gasteiger partial charge on any atom is 0.336 e. The van der Waals surface area contributed by atoms with Crippen LogP contribution in [0, 0.1) is 11.8 Å². The summed E-state index contributed by atoms with van der Waals surface area (Å²) in [6.45, 7) is 4.22. The number of amides is 1. The number of nitrogens with one attached hydrogen (secondary N) is 1. The molecule has 1 aliphatic carbocycles. The number of aliphatic carboxylic acids is 1. The van der Waals surface area contributed by atoms with E-state index >= 15 is 0 Å². The molecular weight excluding hydrogens is 298 g/mol. The van der Waals surface area contributed by atoms with Gasteiger partial charge in [-0.2, -0.15) is 0 Å². The van der Waals surface area contributed by atoms with Crippen molar-refractivity contribution in [3.05, 3.63) is 0 Å². The Morgan fingerprint density at radius 2 is 1.87 bits per heavy atom. The van der Waals surface area contributed by atoms with Crippen molar-refractivity contribution in [3.63, 3.8) is 0 Å². The van der Waals surface area contributed by atoms with Crippen LogP contribution in [0.3, 0.4) is 0 Å². The Kier molecular flexibility index (Phi) is 6.41. The number of epoxide rings is 1. The fourth-order valence-electron chi connectivity index (χ4n) is 3.70. The van der Waals surface area contributed by atoms with Crippen LogP contribution in [0.25, 0.3) is 0 Å². The van der Waals surface area contributed by atoms with Gasteiger partial charge >= 0.3 is 5.97 Å². The summed E-state index contributed by atoms with van der Waals surface area (Å²) >= 11 is 0. The topological polar surface area (TPSA) is 88.2 Å². The van der Waals surface area contributed by atoms with Gasteiger partial charge in [0.05, 0.1) is 12.1 Å². The number of hydrogen-bond donors (Lipinski definition) is 2. The standard InChI is InChI=1S/C17H29NO5/c1-10(2)9-12(13(22-3)11-7-5-4-6-8-11)18-16(19)14-15(23-14)17(20)21/h10-15H,4-9H2,1-3H3,(H,18,19)(H,20,21)/t12-,13?,14-,15-/m0/s1. The van der Waals surface area contributed by atoms with Gasteiger partial charge in [0.25, 0.3) is 5.91 Å². The third kappa shape index (κ3) is 4.91. The molecule has 0 aromatic heterocycles. The van der Waals surface area contributed by atoms with Crippen LogP contribution in [-0.4, -0.2) is 48.4 Å². The molecule has 2 fully saturated rings. The Morgan fingerprint density at radius 3 is 2.35 bits per heavy atom. The van der Waals surface area contributed by atoms with Gasteiger partial charge in [-0.3, -0.25) is 4.79 Å². The fourth-order valence-corrected chi connectivity index (χ4v) is 3.70. The van der Waals surface area contributed by atoms with Gasteiger partial charge in [-0.1, -0.05) is 33.1 Å². The second-order valence-corrected chi connectivity index (χ2v) is 7.16. The van der Waals surface area contributed by atoms with Crippen LogP contribution in [-0.2, 0) is 19.1 Å². The number of rotatable bonds is 8. The van der Waals surface area contributed by atoms with Gasteiger partial charge in [0.2, 0.25) is 0 Å². The van der Waals surface area contributed by atoms with E-state index in [0.29, 0.717) is 11.8 Å². The molecule has 1 heterocycles. The molecule has 1 saturated carbocycles. The lowest BCUT2D eigenvalue weighted by Crippen LogP contribution is -2.50. The Bertz CT molecular complexity index is 419. The van der Waals surface area contributed by atoms with Crippen molar-refractivity contribution >= 4 is 11.9 Å². The first-order valence-electron chi connectivity index (χ1n) is 8.65. The summed E-state index contributed by atoms with van der Waals surface area (Å²) in [6, 6.07) is -0.103. The number of carboxylic acid groups (broad SMARTS) is 1. The van der Waals surface area contributed by atoms with E-state index in [1.54, 1.807) is 7.11 Å². The van der Waals surface area contributed by atoms with Crippen LogP contribution >= 0.6 is 0 Å².